The highest BCUT2D eigenvalue weighted by atomic mass is 16.5. The lowest BCUT2D eigenvalue weighted by atomic mass is 10.3. The third-order valence-corrected chi connectivity index (χ3v) is 5.77. The molecular weight excluding hydrogens is 496 g/mol. The molecule has 0 bridgehead atoms. The van der Waals surface area contributed by atoms with Crippen molar-refractivity contribution < 1.29 is 38.7 Å². The second-order valence-corrected chi connectivity index (χ2v) is 8.64. The smallest absolute Gasteiger partial charge is 0.354 e. The molecule has 2 aromatic heterocycles. The SMILES string of the molecule is O=C(O)c1cccc(CN2CCOCCOCCOCCN(Cc3cccc(C(=O)O)n3)CCOCC2)n1. The molecule has 208 valence electrons. The van der Waals surface area contributed by atoms with Crippen LogP contribution >= 0.6 is 0 Å². The summed E-state index contributed by atoms with van der Waals surface area (Å²) in [5, 5.41) is 18.5. The highest BCUT2D eigenvalue weighted by molar-refractivity contribution is 5.85. The van der Waals surface area contributed by atoms with Crippen molar-refractivity contribution >= 4 is 11.9 Å². The molecule has 1 fully saturated rings. The van der Waals surface area contributed by atoms with Crippen LogP contribution in [0, 0.1) is 0 Å². The number of ether oxygens (including phenoxy) is 4. The average molecular weight is 533 g/mol. The van der Waals surface area contributed by atoms with Crippen LogP contribution in [0.25, 0.3) is 0 Å². The van der Waals surface area contributed by atoms with Gasteiger partial charge in [-0.2, -0.15) is 0 Å². The van der Waals surface area contributed by atoms with Crippen molar-refractivity contribution in [3.8, 4) is 0 Å². The van der Waals surface area contributed by atoms with Gasteiger partial charge in [-0.25, -0.2) is 19.6 Å². The van der Waals surface area contributed by atoms with Gasteiger partial charge in [-0.3, -0.25) is 9.80 Å². The summed E-state index contributed by atoms with van der Waals surface area (Å²) < 4.78 is 22.9. The fraction of sp³-hybridized carbons (Fsp3) is 0.538. The van der Waals surface area contributed by atoms with E-state index in [4.69, 9.17) is 18.9 Å². The summed E-state index contributed by atoms with van der Waals surface area (Å²) in [5.41, 5.74) is 1.36. The van der Waals surface area contributed by atoms with Crippen LogP contribution in [0.3, 0.4) is 0 Å². The third-order valence-electron chi connectivity index (χ3n) is 5.77. The van der Waals surface area contributed by atoms with Gasteiger partial charge in [0.2, 0.25) is 0 Å². The molecule has 0 radical (unpaired) electrons. The number of aromatic carboxylic acids is 2. The van der Waals surface area contributed by atoms with Gasteiger partial charge in [0.05, 0.1) is 64.2 Å². The molecule has 38 heavy (non-hydrogen) atoms. The maximum Gasteiger partial charge on any atom is 0.354 e. The molecule has 0 amide bonds. The lowest BCUT2D eigenvalue weighted by molar-refractivity contribution is -0.000372. The minimum Gasteiger partial charge on any atom is -0.477 e. The first-order valence-corrected chi connectivity index (χ1v) is 12.7. The van der Waals surface area contributed by atoms with E-state index in [1.807, 2.05) is 0 Å². The number of hydrogen-bond donors (Lipinski definition) is 2. The maximum atomic E-state index is 11.3. The van der Waals surface area contributed by atoms with Crippen LogP contribution in [0.5, 0.6) is 0 Å². The Labute approximate surface area is 222 Å². The van der Waals surface area contributed by atoms with E-state index in [1.54, 1.807) is 24.3 Å². The van der Waals surface area contributed by atoms with Gasteiger partial charge in [-0.15, -0.1) is 0 Å². The van der Waals surface area contributed by atoms with E-state index in [9.17, 15) is 19.8 Å². The number of pyridine rings is 2. The fourth-order valence-electron chi connectivity index (χ4n) is 3.79. The molecule has 1 aliphatic heterocycles. The quantitative estimate of drug-likeness (QED) is 0.553. The van der Waals surface area contributed by atoms with Gasteiger partial charge in [0.15, 0.2) is 0 Å². The minimum absolute atomic E-state index is 0.0148. The average Bonchev–Trinajstić information content (AvgIpc) is 2.90. The molecule has 0 spiro atoms. The normalized spacial score (nSPS) is 18.3. The lowest BCUT2D eigenvalue weighted by Gasteiger charge is -2.24. The van der Waals surface area contributed by atoms with E-state index in [1.165, 1.54) is 12.1 Å². The zero-order valence-corrected chi connectivity index (χ0v) is 21.5. The van der Waals surface area contributed by atoms with Crippen LogP contribution in [-0.2, 0) is 32.0 Å². The van der Waals surface area contributed by atoms with Crippen LogP contribution in [0.15, 0.2) is 36.4 Å². The maximum absolute atomic E-state index is 11.3. The van der Waals surface area contributed by atoms with Gasteiger partial charge in [-0.1, -0.05) is 12.1 Å². The van der Waals surface area contributed by atoms with Gasteiger partial charge in [0.1, 0.15) is 11.4 Å². The van der Waals surface area contributed by atoms with E-state index in [0.717, 1.165) is 0 Å². The summed E-state index contributed by atoms with van der Waals surface area (Å²) in [6.45, 7) is 7.22. The number of carboxylic acids is 2. The molecule has 0 unspecified atom stereocenters. The second kappa shape index (κ2) is 16.8. The molecule has 12 heteroatoms. The Balaban J connectivity index is 1.57. The highest BCUT2D eigenvalue weighted by Crippen LogP contribution is 2.07. The summed E-state index contributed by atoms with van der Waals surface area (Å²) in [6.07, 6.45) is 0. The molecule has 3 rings (SSSR count). The molecule has 0 saturated carbocycles. The Morgan fingerprint density at radius 2 is 0.947 bits per heavy atom. The number of rotatable bonds is 6. The Kier molecular flexibility index (Phi) is 13.0. The number of aromatic nitrogens is 2. The van der Waals surface area contributed by atoms with Gasteiger partial charge in [0, 0.05) is 39.3 Å². The van der Waals surface area contributed by atoms with Crippen molar-refractivity contribution in [3.05, 3.63) is 59.2 Å². The molecule has 1 saturated heterocycles. The molecule has 12 nitrogen and oxygen atoms in total. The van der Waals surface area contributed by atoms with Crippen LogP contribution < -0.4 is 0 Å². The first kappa shape index (κ1) is 29.6. The van der Waals surface area contributed by atoms with E-state index < -0.39 is 11.9 Å². The molecule has 2 N–H and O–H groups in total. The van der Waals surface area contributed by atoms with Crippen molar-refractivity contribution in [2.45, 2.75) is 13.1 Å². The van der Waals surface area contributed by atoms with Gasteiger partial charge in [0.25, 0.3) is 0 Å². The monoisotopic (exact) mass is 532 g/mol. The van der Waals surface area contributed by atoms with Crippen molar-refractivity contribution in [3.63, 3.8) is 0 Å². The number of carbonyl (C=O) groups is 2. The van der Waals surface area contributed by atoms with Crippen LogP contribution in [-0.4, -0.2) is 121 Å². The van der Waals surface area contributed by atoms with Crippen molar-refractivity contribution in [2.75, 3.05) is 79.0 Å². The predicted molar refractivity (Wildman–Crippen MR) is 136 cm³/mol. The Morgan fingerprint density at radius 1 is 0.605 bits per heavy atom. The first-order chi connectivity index (χ1) is 18.5. The molecule has 3 heterocycles. The van der Waals surface area contributed by atoms with Crippen LogP contribution in [0.1, 0.15) is 32.4 Å². The summed E-state index contributed by atoms with van der Waals surface area (Å²) >= 11 is 0. The van der Waals surface area contributed by atoms with Gasteiger partial charge >= 0.3 is 11.9 Å². The third kappa shape index (κ3) is 11.2. The standard InChI is InChI=1S/C26H36N4O8/c31-25(32)23-5-1-3-21(27-23)19-29-7-11-35-12-8-30(20-22-4-2-6-24(28-22)26(33)34)10-14-37-16-18-38-17-15-36-13-9-29/h1-6H,7-20H2,(H,31,32)(H,33,34). The number of hydrogen-bond acceptors (Lipinski definition) is 10. The number of carboxylic acid groups (broad SMARTS) is 2. The summed E-state index contributed by atoms with van der Waals surface area (Å²) in [4.78, 5) is 35.2. The van der Waals surface area contributed by atoms with Crippen molar-refractivity contribution in [1.82, 2.24) is 19.8 Å². The molecule has 2 aromatic rings. The van der Waals surface area contributed by atoms with Crippen LogP contribution in [0.2, 0.25) is 0 Å². The van der Waals surface area contributed by atoms with E-state index in [-0.39, 0.29) is 11.4 Å². The van der Waals surface area contributed by atoms with Gasteiger partial charge in [-0.05, 0) is 24.3 Å². The predicted octanol–water partition coefficient (Wildman–Crippen LogP) is 1.26. The Bertz CT molecular complexity index is 931. The van der Waals surface area contributed by atoms with E-state index in [2.05, 4.69) is 19.8 Å². The second-order valence-electron chi connectivity index (χ2n) is 8.64. The molecule has 1 aliphatic rings. The van der Waals surface area contributed by atoms with Crippen molar-refractivity contribution in [1.29, 1.82) is 0 Å². The van der Waals surface area contributed by atoms with E-state index >= 15 is 0 Å². The Hall–Kier alpha value is -3.00. The van der Waals surface area contributed by atoms with Crippen molar-refractivity contribution in [2.24, 2.45) is 0 Å². The molecule has 0 aliphatic carbocycles. The van der Waals surface area contributed by atoms with E-state index in [0.29, 0.717) is 104 Å². The lowest BCUT2D eigenvalue weighted by Crippen LogP contribution is -2.34. The summed E-state index contributed by atoms with van der Waals surface area (Å²) in [7, 11) is 0. The summed E-state index contributed by atoms with van der Waals surface area (Å²) in [6, 6.07) is 9.94. The summed E-state index contributed by atoms with van der Waals surface area (Å²) in [5.74, 6) is -2.11. The largest absolute Gasteiger partial charge is 0.477 e. The van der Waals surface area contributed by atoms with Crippen LogP contribution in [0.4, 0.5) is 0 Å². The highest BCUT2D eigenvalue weighted by Gasteiger charge is 2.13. The zero-order chi connectivity index (χ0) is 27.0. The molecular formula is C26H36N4O8. The Morgan fingerprint density at radius 3 is 1.32 bits per heavy atom. The molecule has 0 aromatic carbocycles. The molecule has 0 atom stereocenters. The topological polar surface area (TPSA) is 144 Å². The minimum atomic E-state index is -1.06. The van der Waals surface area contributed by atoms with Gasteiger partial charge < -0.3 is 29.2 Å². The fourth-order valence-corrected chi connectivity index (χ4v) is 3.79. The number of nitrogens with zero attached hydrogens (tertiary/aromatic N) is 4. The first-order valence-electron chi connectivity index (χ1n) is 12.7. The zero-order valence-electron chi connectivity index (χ0n) is 21.5.